The summed E-state index contributed by atoms with van der Waals surface area (Å²) >= 11 is 0. The van der Waals surface area contributed by atoms with Gasteiger partial charge in [-0.1, -0.05) is 0 Å². The molecule has 0 spiro atoms. The molecule has 2 aliphatic rings. The molecule has 0 atom stereocenters. The van der Waals surface area contributed by atoms with Crippen LogP contribution in [0.25, 0.3) is 0 Å². The zero-order valence-corrected chi connectivity index (χ0v) is 9.94. The van der Waals surface area contributed by atoms with Crippen LogP contribution in [0, 0.1) is 11.3 Å². The molecular formula is C12H15N3O3. The van der Waals surface area contributed by atoms with Gasteiger partial charge in [-0.05, 0) is 38.0 Å². The Hall–Kier alpha value is -1.85. The number of hydrogen-bond donors (Lipinski definition) is 2. The molecule has 0 radical (unpaired) electrons. The van der Waals surface area contributed by atoms with Crippen molar-refractivity contribution in [3.8, 4) is 0 Å². The number of nitrogens with one attached hydrogen (secondary N) is 2. The van der Waals surface area contributed by atoms with Crippen LogP contribution in [0.4, 0.5) is 0 Å². The van der Waals surface area contributed by atoms with E-state index in [0.29, 0.717) is 5.92 Å². The largest absolute Gasteiger partial charge is 0.347 e. The summed E-state index contributed by atoms with van der Waals surface area (Å²) < 4.78 is 1.05. The van der Waals surface area contributed by atoms with E-state index in [-0.39, 0.29) is 11.3 Å². The van der Waals surface area contributed by atoms with Crippen LogP contribution in [0.3, 0.4) is 0 Å². The maximum Gasteiger partial charge on any atom is 0.347 e. The Morgan fingerprint density at radius 2 is 2.11 bits per heavy atom. The molecule has 2 N–H and O–H groups in total. The van der Waals surface area contributed by atoms with Gasteiger partial charge in [0.1, 0.15) is 0 Å². The summed E-state index contributed by atoms with van der Waals surface area (Å²) in [6.07, 6.45) is 6.24. The van der Waals surface area contributed by atoms with Crippen LogP contribution in [0.15, 0.2) is 21.9 Å². The molecule has 1 aromatic heterocycles. The maximum absolute atomic E-state index is 12.3. The first-order valence-corrected chi connectivity index (χ1v) is 6.23. The SMILES string of the molecule is O=C(Nn1ccc(=O)[nH]c1=O)C12CCC(CC1)C2. The Balaban J connectivity index is 1.82. The molecule has 2 fully saturated rings. The minimum absolute atomic E-state index is 0.100. The summed E-state index contributed by atoms with van der Waals surface area (Å²) in [5, 5.41) is 0. The van der Waals surface area contributed by atoms with Crippen molar-refractivity contribution in [2.75, 3.05) is 5.43 Å². The quantitative estimate of drug-likeness (QED) is 0.784. The average molecular weight is 249 g/mol. The van der Waals surface area contributed by atoms with Crippen LogP contribution in [0.5, 0.6) is 0 Å². The zero-order chi connectivity index (χ0) is 12.8. The third kappa shape index (κ3) is 1.68. The minimum Gasteiger partial charge on any atom is -0.273 e. The second-order valence-corrected chi connectivity index (χ2v) is 5.35. The fourth-order valence-electron chi connectivity index (χ4n) is 3.24. The highest BCUT2D eigenvalue weighted by molar-refractivity contribution is 5.90. The van der Waals surface area contributed by atoms with Crippen molar-refractivity contribution < 1.29 is 4.79 Å². The van der Waals surface area contributed by atoms with Gasteiger partial charge in [0.25, 0.3) is 5.56 Å². The van der Waals surface area contributed by atoms with E-state index < -0.39 is 11.2 Å². The number of rotatable bonds is 2. The Labute approximate surface area is 103 Å². The molecule has 0 unspecified atom stereocenters. The normalized spacial score (nSPS) is 29.4. The third-order valence-electron chi connectivity index (χ3n) is 4.27. The van der Waals surface area contributed by atoms with E-state index in [9.17, 15) is 14.4 Å². The molecule has 0 saturated heterocycles. The van der Waals surface area contributed by atoms with Crippen molar-refractivity contribution in [2.24, 2.45) is 11.3 Å². The van der Waals surface area contributed by atoms with Crippen molar-refractivity contribution in [1.29, 1.82) is 0 Å². The lowest BCUT2D eigenvalue weighted by molar-refractivity contribution is -0.126. The van der Waals surface area contributed by atoms with Crippen LogP contribution in [-0.2, 0) is 4.79 Å². The van der Waals surface area contributed by atoms with Crippen LogP contribution in [0.2, 0.25) is 0 Å². The molecule has 1 aromatic rings. The summed E-state index contributed by atoms with van der Waals surface area (Å²) in [7, 11) is 0. The predicted molar refractivity (Wildman–Crippen MR) is 64.7 cm³/mol. The highest BCUT2D eigenvalue weighted by atomic mass is 16.2. The van der Waals surface area contributed by atoms with Crippen LogP contribution < -0.4 is 16.7 Å². The van der Waals surface area contributed by atoms with Gasteiger partial charge in [0.2, 0.25) is 5.91 Å². The predicted octanol–water partition coefficient (Wildman–Crippen LogP) is 0.187. The number of H-pyrrole nitrogens is 1. The monoisotopic (exact) mass is 249 g/mol. The summed E-state index contributed by atoms with van der Waals surface area (Å²) in [4.78, 5) is 36.8. The zero-order valence-electron chi connectivity index (χ0n) is 9.94. The number of carbonyl (C=O) groups excluding carboxylic acids is 1. The summed E-state index contributed by atoms with van der Waals surface area (Å²) in [6, 6.07) is 1.21. The van der Waals surface area contributed by atoms with Gasteiger partial charge < -0.3 is 0 Å². The van der Waals surface area contributed by atoms with Gasteiger partial charge in [0.15, 0.2) is 0 Å². The van der Waals surface area contributed by atoms with Crippen molar-refractivity contribution in [3.63, 3.8) is 0 Å². The highest BCUT2D eigenvalue weighted by Gasteiger charge is 2.50. The summed E-state index contributed by atoms with van der Waals surface area (Å²) in [5.74, 6) is 0.569. The molecule has 0 aromatic carbocycles. The smallest absolute Gasteiger partial charge is 0.273 e. The maximum atomic E-state index is 12.3. The molecule has 6 heteroatoms. The minimum atomic E-state index is -0.611. The molecular weight excluding hydrogens is 234 g/mol. The van der Waals surface area contributed by atoms with Gasteiger partial charge >= 0.3 is 5.69 Å². The number of hydrogen-bond acceptors (Lipinski definition) is 3. The number of carbonyl (C=O) groups is 1. The molecule has 1 heterocycles. The van der Waals surface area contributed by atoms with Gasteiger partial charge in [0, 0.05) is 12.3 Å². The van der Waals surface area contributed by atoms with E-state index >= 15 is 0 Å². The molecule has 3 rings (SSSR count). The van der Waals surface area contributed by atoms with E-state index in [1.165, 1.54) is 12.3 Å². The van der Waals surface area contributed by atoms with Crippen molar-refractivity contribution in [2.45, 2.75) is 32.1 Å². The Kier molecular flexibility index (Phi) is 2.39. The standard InChI is InChI=1S/C12H15N3O3/c16-9-3-6-15(11(18)13-9)14-10(17)12-4-1-8(7-12)2-5-12/h3,6,8H,1-2,4-5,7H2,(H,14,17)(H,13,16,18). The molecule has 2 bridgehead atoms. The van der Waals surface area contributed by atoms with Gasteiger partial charge in [-0.25, -0.2) is 9.47 Å². The van der Waals surface area contributed by atoms with Crippen molar-refractivity contribution in [1.82, 2.24) is 9.66 Å². The van der Waals surface area contributed by atoms with E-state index in [1.807, 2.05) is 0 Å². The number of fused-ring (bicyclic) bond motifs is 2. The summed E-state index contributed by atoms with van der Waals surface area (Å²) in [5.41, 5.74) is 1.22. The Morgan fingerprint density at radius 3 is 2.67 bits per heavy atom. The molecule has 2 saturated carbocycles. The fourth-order valence-corrected chi connectivity index (χ4v) is 3.24. The fraction of sp³-hybridized carbons (Fsp3) is 0.583. The second kappa shape index (κ2) is 3.83. The molecule has 0 aliphatic heterocycles. The molecule has 18 heavy (non-hydrogen) atoms. The first-order valence-electron chi connectivity index (χ1n) is 6.23. The highest BCUT2D eigenvalue weighted by Crippen LogP contribution is 2.54. The van der Waals surface area contributed by atoms with E-state index in [0.717, 1.165) is 36.8 Å². The molecule has 1 amide bonds. The lowest BCUT2D eigenvalue weighted by Gasteiger charge is -2.25. The second-order valence-electron chi connectivity index (χ2n) is 5.35. The van der Waals surface area contributed by atoms with Crippen LogP contribution in [0.1, 0.15) is 32.1 Å². The Bertz CT molecular complexity index is 593. The van der Waals surface area contributed by atoms with E-state index in [1.54, 1.807) is 0 Å². The first-order chi connectivity index (χ1) is 8.59. The topological polar surface area (TPSA) is 84.0 Å². The van der Waals surface area contributed by atoms with Gasteiger partial charge in [-0.15, -0.1) is 0 Å². The molecule has 2 aliphatic carbocycles. The number of amides is 1. The van der Waals surface area contributed by atoms with Crippen molar-refractivity contribution in [3.05, 3.63) is 33.1 Å². The lowest BCUT2D eigenvalue weighted by atomic mass is 9.83. The van der Waals surface area contributed by atoms with Gasteiger partial charge in [-0.3, -0.25) is 20.0 Å². The summed E-state index contributed by atoms with van der Waals surface area (Å²) in [6.45, 7) is 0. The van der Waals surface area contributed by atoms with E-state index in [2.05, 4.69) is 10.4 Å². The number of aromatic nitrogens is 2. The van der Waals surface area contributed by atoms with Crippen LogP contribution >= 0.6 is 0 Å². The molecule has 96 valence electrons. The average Bonchev–Trinajstić information content (AvgIpc) is 2.94. The lowest BCUT2D eigenvalue weighted by Crippen LogP contribution is -2.43. The van der Waals surface area contributed by atoms with Gasteiger partial charge in [-0.2, -0.15) is 0 Å². The van der Waals surface area contributed by atoms with Gasteiger partial charge in [0.05, 0.1) is 5.41 Å². The van der Waals surface area contributed by atoms with Crippen LogP contribution in [-0.4, -0.2) is 15.6 Å². The number of aromatic amines is 1. The van der Waals surface area contributed by atoms with Crippen molar-refractivity contribution >= 4 is 5.91 Å². The molecule has 6 nitrogen and oxygen atoms in total. The van der Waals surface area contributed by atoms with E-state index in [4.69, 9.17) is 0 Å². The third-order valence-corrected chi connectivity index (χ3v) is 4.27. The first kappa shape index (κ1) is 11.3. The number of nitrogens with zero attached hydrogens (tertiary/aromatic N) is 1. The Morgan fingerprint density at radius 1 is 1.39 bits per heavy atom.